The molecule has 0 spiro atoms. The van der Waals surface area contributed by atoms with E-state index in [1.165, 1.54) is 30.9 Å². The van der Waals surface area contributed by atoms with Crippen molar-refractivity contribution in [3.8, 4) is 56.7 Å². The Hall–Kier alpha value is -8.19. The SMILES string of the molecule is c1ccc(-c2ccc(-c3nc(-c4cccc(-c5ccc6sc7ccccc7c6c5)c4)nc(-n4c5ccccc5c5ccccc54)n3)cc2-n2c3ccccc3c3ccccc32)cc1. The second-order valence-electron chi connectivity index (χ2n) is 16.0. The molecule has 0 aliphatic rings. The van der Waals surface area contributed by atoms with E-state index in [2.05, 4.69) is 221 Å². The van der Waals surface area contributed by atoms with Gasteiger partial charge in [0.2, 0.25) is 5.95 Å². The van der Waals surface area contributed by atoms with Crippen molar-refractivity contribution in [2.75, 3.05) is 0 Å². The third-order valence-electron chi connectivity index (χ3n) is 12.4. The second-order valence-corrected chi connectivity index (χ2v) is 17.1. The van der Waals surface area contributed by atoms with Gasteiger partial charge in [0.15, 0.2) is 11.6 Å². The molecule has 0 amide bonds. The average Bonchev–Trinajstić information content (AvgIpc) is 4.02. The van der Waals surface area contributed by atoms with Crippen molar-refractivity contribution in [2.24, 2.45) is 0 Å². The molecule has 0 unspecified atom stereocenters. The predicted octanol–water partition coefficient (Wildman–Crippen LogP) is 15.1. The fraction of sp³-hybridized carbons (Fsp3) is 0. The summed E-state index contributed by atoms with van der Waals surface area (Å²) in [4.78, 5) is 16.1. The normalized spacial score (nSPS) is 11.8. The van der Waals surface area contributed by atoms with Crippen molar-refractivity contribution >= 4 is 75.1 Å². The molecule has 0 bridgehead atoms. The van der Waals surface area contributed by atoms with E-state index in [0.717, 1.165) is 71.9 Å². The Kier molecular flexibility index (Phi) is 8.01. The zero-order chi connectivity index (χ0) is 41.4. The molecule has 13 aromatic rings. The maximum atomic E-state index is 5.39. The highest BCUT2D eigenvalue weighted by Crippen LogP contribution is 2.40. The van der Waals surface area contributed by atoms with Crippen molar-refractivity contribution in [3.05, 3.63) is 212 Å². The van der Waals surface area contributed by atoms with Crippen LogP contribution in [0, 0.1) is 0 Å². The first-order valence-electron chi connectivity index (χ1n) is 21.2. The van der Waals surface area contributed by atoms with E-state index in [1.54, 1.807) is 0 Å². The van der Waals surface area contributed by atoms with Gasteiger partial charge < -0.3 is 4.57 Å². The molecule has 13 rings (SSSR count). The molecule has 4 heterocycles. The largest absolute Gasteiger partial charge is 0.309 e. The van der Waals surface area contributed by atoms with Gasteiger partial charge in [-0.05, 0) is 71.3 Å². The quantitative estimate of drug-likeness (QED) is 0.168. The first-order valence-corrected chi connectivity index (χ1v) is 22.0. The monoisotopic (exact) mass is 821 g/mol. The Bertz CT molecular complexity index is 3820. The maximum Gasteiger partial charge on any atom is 0.238 e. The van der Waals surface area contributed by atoms with Crippen molar-refractivity contribution in [1.29, 1.82) is 0 Å². The van der Waals surface area contributed by atoms with Gasteiger partial charge in [0, 0.05) is 58.4 Å². The van der Waals surface area contributed by atoms with Crippen LogP contribution in [0.2, 0.25) is 0 Å². The third kappa shape index (κ3) is 5.73. The smallest absolute Gasteiger partial charge is 0.238 e. The summed E-state index contributed by atoms with van der Waals surface area (Å²) in [5, 5.41) is 7.27. The van der Waals surface area contributed by atoms with Gasteiger partial charge in [-0.15, -0.1) is 11.3 Å². The van der Waals surface area contributed by atoms with Crippen LogP contribution in [0.5, 0.6) is 0 Å². The number of para-hydroxylation sites is 4. The van der Waals surface area contributed by atoms with Crippen LogP contribution in [0.1, 0.15) is 0 Å². The molecule has 0 atom stereocenters. The summed E-state index contributed by atoms with van der Waals surface area (Å²) >= 11 is 1.84. The van der Waals surface area contributed by atoms with Gasteiger partial charge >= 0.3 is 0 Å². The second kappa shape index (κ2) is 14.2. The van der Waals surface area contributed by atoms with E-state index < -0.39 is 0 Å². The molecule has 5 nitrogen and oxygen atoms in total. The molecule has 0 saturated carbocycles. The van der Waals surface area contributed by atoms with Crippen LogP contribution in [0.25, 0.3) is 120 Å². The number of aromatic nitrogens is 5. The first-order chi connectivity index (χ1) is 31.2. The van der Waals surface area contributed by atoms with Crippen LogP contribution in [-0.4, -0.2) is 24.1 Å². The maximum absolute atomic E-state index is 5.39. The van der Waals surface area contributed by atoms with Gasteiger partial charge in [-0.25, -0.2) is 4.98 Å². The van der Waals surface area contributed by atoms with Crippen molar-refractivity contribution in [2.45, 2.75) is 0 Å². The number of nitrogens with zero attached hydrogens (tertiary/aromatic N) is 5. The van der Waals surface area contributed by atoms with Crippen molar-refractivity contribution in [3.63, 3.8) is 0 Å². The molecule has 4 aromatic heterocycles. The lowest BCUT2D eigenvalue weighted by Gasteiger charge is -2.16. The molecule has 63 heavy (non-hydrogen) atoms. The summed E-state index contributed by atoms with van der Waals surface area (Å²) in [5.74, 6) is 1.76. The van der Waals surface area contributed by atoms with Crippen LogP contribution < -0.4 is 0 Å². The van der Waals surface area contributed by atoms with Gasteiger partial charge in [-0.1, -0.05) is 158 Å². The minimum Gasteiger partial charge on any atom is -0.309 e. The van der Waals surface area contributed by atoms with Gasteiger partial charge in [-0.2, -0.15) is 9.97 Å². The minimum atomic E-state index is 0.564. The van der Waals surface area contributed by atoms with Crippen LogP contribution in [0.4, 0.5) is 0 Å². The zero-order valence-electron chi connectivity index (χ0n) is 33.9. The first kappa shape index (κ1) is 35.6. The van der Waals surface area contributed by atoms with Crippen molar-refractivity contribution in [1.82, 2.24) is 24.1 Å². The number of rotatable bonds is 6. The van der Waals surface area contributed by atoms with E-state index in [-0.39, 0.29) is 0 Å². The molecule has 0 saturated heterocycles. The van der Waals surface area contributed by atoms with E-state index >= 15 is 0 Å². The van der Waals surface area contributed by atoms with E-state index in [1.807, 2.05) is 11.3 Å². The highest BCUT2D eigenvalue weighted by atomic mass is 32.1. The van der Waals surface area contributed by atoms with E-state index in [0.29, 0.717) is 17.6 Å². The number of thiophene rings is 1. The Balaban J connectivity index is 1.05. The molecular weight excluding hydrogens is 787 g/mol. The van der Waals surface area contributed by atoms with Gasteiger partial charge in [0.25, 0.3) is 0 Å². The van der Waals surface area contributed by atoms with Gasteiger partial charge in [-0.3, -0.25) is 4.57 Å². The highest BCUT2D eigenvalue weighted by molar-refractivity contribution is 7.25. The standard InChI is InChI=1S/C57H35N5S/c1-2-15-36(16-3-1)41-31-29-40(35-52(41)61-48-24-9-4-19-42(48)43-20-5-10-25-49(43)61)56-58-55(59-57(60-56)62-50-26-11-6-21-44(50)45-22-7-12-27-51(45)62)39-18-14-17-37(33-39)38-30-32-54-47(34-38)46-23-8-13-28-53(46)63-54/h1-35H. The summed E-state index contributed by atoms with van der Waals surface area (Å²) in [6.07, 6.45) is 0. The van der Waals surface area contributed by atoms with E-state index in [4.69, 9.17) is 15.0 Å². The highest BCUT2D eigenvalue weighted by Gasteiger charge is 2.21. The molecule has 0 aliphatic carbocycles. The topological polar surface area (TPSA) is 48.5 Å². The summed E-state index contributed by atoms with van der Waals surface area (Å²) in [6.45, 7) is 0. The summed E-state index contributed by atoms with van der Waals surface area (Å²) in [6, 6.07) is 75.7. The zero-order valence-corrected chi connectivity index (χ0v) is 34.7. The van der Waals surface area contributed by atoms with E-state index in [9.17, 15) is 0 Å². The number of fused-ring (bicyclic) bond motifs is 9. The molecule has 0 N–H and O–H groups in total. The van der Waals surface area contributed by atoms with Crippen LogP contribution in [-0.2, 0) is 0 Å². The van der Waals surface area contributed by atoms with Gasteiger partial charge in [0.1, 0.15) is 0 Å². The summed E-state index contributed by atoms with van der Waals surface area (Å²) in [5.41, 5.74) is 11.7. The predicted molar refractivity (Wildman–Crippen MR) is 263 cm³/mol. The van der Waals surface area contributed by atoms with Gasteiger partial charge in [0.05, 0.1) is 27.8 Å². The molecule has 0 radical (unpaired) electrons. The molecule has 0 aliphatic heterocycles. The Morgan fingerprint density at radius 3 is 1.43 bits per heavy atom. The number of benzene rings is 9. The minimum absolute atomic E-state index is 0.564. The lowest BCUT2D eigenvalue weighted by molar-refractivity contribution is 0.953. The lowest BCUT2D eigenvalue weighted by atomic mass is 10.00. The Morgan fingerprint density at radius 1 is 0.302 bits per heavy atom. The molecule has 9 aromatic carbocycles. The molecule has 6 heteroatoms. The third-order valence-corrected chi connectivity index (χ3v) is 13.5. The molecule has 0 fully saturated rings. The summed E-state index contributed by atoms with van der Waals surface area (Å²) in [7, 11) is 0. The summed E-state index contributed by atoms with van der Waals surface area (Å²) < 4.78 is 7.16. The van der Waals surface area contributed by atoms with Crippen molar-refractivity contribution < 1.29 is 0 Å². The fourth-order valence-electron chi connectivity index (χ4n) is 9.50. The number of hydrogen-bond acceptors (Lipinski definition) is 4. The van der Waals surface area contributed by atoms with Crippen LogP contribution in [0.15, 0.2) is 212 Å². The average molecular weight is 822 g/mol. The van der Waals surface area contributed by atoms with Crippen LogP contribution >= 0.6 is 11.3 Å². The Labute approximate surface area is 366 Å². The molecule has 294 valence electrons. The number of hydrogen-bond donors (Lipinski definition) is 0. The van der Waals surface area contributed by atoms with Crippen LogP contribution in [0.3, 0.4) is 0 Å². The Morgan fingerprint density at radius 2 is 0.778 bits per heavy atom. The fourth-order valence-corrected chi connectivity index (χ4v) is 10.6. The lowest BCUT2D eigenvalue weighted by Crippen LogP contribution is -2.07. The molecular formula is C57H35N5S.